The Bertz CT molecular complexity index is 1840. The first-order chi connectivity index (χ1) is 20.4. The number of methoxy groups -OCH3 is 1. The zero-order valence-corrected chi connectivity index (χ0v) is 23.9. The maximum Gasteiger partial charge on any atom is 0.286 e. The Morgan fingerprint density at radius 1 is 1.17 bits per heavy atom. The van der Waals surface area contributed by atoms with Crippen molar-refractivity contribution in [2.45, 2.75) is 32.7 Å². The number of H-pyrrole nitrogens is 1. The van der Waals surface area contributed by atoms with Crippen molar-refractivity contribution in [3.05, 3.63) is 77.8 Å². The van der Waals surface area contributed by atoms with Gasteiger partial charge >= 0.3 is 0 Å². The fraction of sp³-hybridized carbons (Fsp3) is 0.250. The summed E-state index contributed by atoms with van der Waals surface area (Å²) in [5.41, 5.74) is 12.7. The molecule has 0 radical (unpaired) electrons. The molecular formula is C32H33N7O3. The van der Waals surface area contributed by atoms with Crippen LogP contribution in [0.2, 0.25) is 0 Å². The first-order valence-electron chi connectivity index (χ1n) is 13.9. The summed E-state index contributed by atoms with van der Waals surface area (Å²) in [6.07, 6.45) is 3.44. The summed E-state index contributed by atoms with van der Waals surface area (Å²) in [7, 11) is 1.63. The molecule has 5 aromatic rings. The molecule has 3 aromatic heterocycles. The lowest BCUT2D eigenvalue weighted by atomic mass is 9.94. The third-order valence-electron chi connectivity index (χ3n) is 7.82. The van der Waals surface area contributed by atoms with Gasteiger partial charge in [0.05, 0.1) is 23.9 Å². The zero-order chi connectivity index (χ0) is 29.4. The maximum absolute atomic E-state index is 13.1. The number of hydrogen-bond acceptors (Lipinski definition) is 7. The molecule has 1 fully saturated rings. The highest BCUT2D eigenvalue weighted by atomic mass is 16.5. The second-order valence-electron chi connectivity index (χ2n) is 10.5. The molecule has 0 spiro atoms. The van der Waals surface area contributed by atoms with Crippen LogP contribution in [0.1, 0.15) is 35.4 Å². The molecule has 0 saturated carbocycles. The lowest BCUT2D eigenvalue weighted by Gasteiger charge is -2.23. The number of carbonyl (C=O) groups excluding carboxylic acids is 1. The molecule has 1 amide bonds. The van der Waals surface area contributed by atoms with Gasteiger partial charge in [0.1, 0.15) is 17.3 Å². The van der Waals surface area contributed by atoms with Crippen LogP contribution >= 0.6 is 0 Å². The van der Waals surface area contributed by atoms with E-state index < -0.39 is 5.91 Å². The number of hydrogen-bond donors (Lipinski definition) is 4. The van der Waals surface area contributed by atoms with Crippen LogP contribution in [0, 0.1) is 13.8 Å². The highest BCUT2D eigenvalue weighted by molar-refractivity contribution is 6.38. The smallest absolute Gasteiger partial charge is 0.286 e. The van der Waals surface area contributed by atoms with Crippen LogP contribution in [0.15, 0.2) is 64.8 Å². The number of aryl methyl sites for hydroxylation is 2. The number of aliphatic imine (C=N–C) groups is 1. The fourth-order valence-electron chi connectivity index (χ4n) is 5.72. The second-order valence-corrected chi connectivity index (χ2v) is 10.5. The number of amides is 1. The van der Waals surface area contributed by atoms with E-state index in [1.807, 2.05) is 56.3 Å². The highest BCUT2D eigenvalue weighted by Gasteiger charge is 2.24. The Morgan fingerprint density at radius 3 is 2.69 bits per heavy atom. The van der Waals surface area contributed by atoms with Crippen LogP contribution in [-0.4, -0.2) is 53.1 Å². The first-order valence-corrected chi connectivity index (χ1v) is 13.9. The number of rotatable bonds is 6. The summed E-state index contributed by atoms with van der Waals surface area (Å²) >= 11 is 0. The topological polar surface area (TPSA) is 143 Å². The lowest BCUT2D eigenvalue weighted by molar-refractivity contribution is -0.115. The summed E-state index contributed by atoms with van der Waals surface area (Å²) in [4.78, 5) is 25.6. The third-order valence-corrected chi connectivity index (χ3v) is 7.82. The number of nitrogens with zero attached hydrogens (tertiary/aromatic N) is 3. The minimum atomic E-state index is -0.402. The van der Waals surface area contributed by atoms with Crippen molar-refractivity contribution in [3.8, 4) is 16.9 Å². The number of para-hydroxylation sites is 1. The van der Waals surface area contributed by atoms with E-state index in [0.29, 0.717) is 28.5 Å². The molecule has 10 nitrogen and oxygen atoms in total. The summed E-state index contributed by atoms with van der Waals surface area (Å²) in [5, 5.41) is 12.2. The first kappa shape index (κ1) is 27.2. The Morgan fingerprint density at radius 2 is 1.95 bits per heavy atom. The van der Waals surface area contributed by atoms with Crippen LogP contribution < -0.4 is 21.1 Å². The largest absolute Gasteiger partial charge is 0.496 e. The van der Waals surface area contributed by atoms with Crippen LogP contribution in [0.4, 0.5) is 5.82 Å². The van der Waals surface area contributed by atoms with Gasteiger partial charge in [0.2, 0.25) is 0 Å². The van der Waals surface area contributed by atoms with Crippen molar-refractivity contribution < 1.29 is 14.1 Å². The molecule has 214 valence electrons. The fourth-order valence-corrected chi connectivity index (χ4v) is 5.72. The molecule has 0 bridgehead atoms. The van der Waals surface area contributed by atoms with E-state index >= 15 is 0 Å². The number of pyridine rings is 1. The van der Waals surface area contributed by atoms with Crippen molar-refractivity contribution in [2.75, 3.05) is 20.2 Å². The third kappa shape index (κ3) is 4.90. The molecule has 2 aromatic carbocycles. The summed E-state index contributed by atoms with van der Waals surface area (Å²) in [6.45, 7) is 9.96. The Labute approximate surface area is 243 Å². The van der Waals surface area contributed by atoms with Gasteiger partial charge in [0.15, 0.2) is 5.84 Å². The predicted octanol–water partition coefficient (Wildman–Crippen LogP) is 4.91. The van der Waals surface area contributed by atoms with Gasteiger partial charge in [-0.3, -0.25) is 9.78 Å². The van der Waals surface area contributed by atoms with E-state index in [2.05, 4.69) is 37.3 Å². The number of piperidine rings is 1. The van der Waals surface area contributed by atoms with Crippen molar-refractivity contribution in [1.29, 1.82) is 0 Å². The molecule has 10 heteroatoms. The Balaban J connectivity index is 1.52. The van der Waals surface area contributed by atoms with Crippen LogP contribution in [0.3, 0.4) is 0 Å². The van der Waals surface area contributed by atoms with E-state index in [1.165, 1.54) is 0 Å². The molecule has 4 heterocycles. The van der Waals surface area contributed by atoms with E-state index in [4.69, 9.17) is 15.0 Å². The SMILES string of the molecule is C=C(c1ccnc2ccccc12)c1c(N=C(N)C(=O)NC2CCNCC2)[nH]c2cc(-c3c(C)noc3C)c(OC)cc12. The predicted molar refractivity (Wildman–Crippen MR) is 165 cm³/mol. The van der Waals surface area contributed by atoms with Gasteiger partial charge in [0.25, 0.3) is 5.91 Å². The molecule has 42 heavy (non-hydrogen) atoms. The van der Waals surface area contributed by atoms with Gasteiger partial charge in [-0.05, 0) is 75.2 Å². The van der Waals surface area contributed by atoms with Crippen LogP contribution in [0.25, 0.3) is 38.5 Å². The van der Waals surface area contributed by atoms with Gasteiger partial charge in [-0.2, -0.15) is 0 Å². The quantitative estimate of drug-likeness (QED) is 0.170. The van der Waals surface area contributed by atoms with Crippen molar-refractivity contribution >= 4 is 44.9 Å². The molecule has 0 atom stereocenters. The average molecular weight is 564 g/mol. The minimum absolute atomic E-state index is 0.0506. The molecule has 1 aliphatic heterocycles. The molecule has 1 saturated heterocycles. The van der Waals surface area contributed by atoms with Gasteiger partial charge in [0, 0.05) is 39.7 Å². The Kier molecular flexibility index (Phi) is 7.22. The molecule has 0 aliphatic carbocycles. The van der Waals surface area contributed by atoms with Crippen LogP contribution in [0.5, 0.6) is 5.75 Å². The van der Waals surface area contributed by atoms with Crippen molar-refractivity contribution in [3.63, 3.8) is 0 Å². The molecule has 5 N–H and O–H groups in total. The number of benzene rings is 2. The normalized spacial score (nSPS) is 14.4. The molecule has 6 rings (SSSR count). The summed E-state index contributed by atoms with van der Waals surface area (Å²) < 4.78 is 11.3. The van der Waals surface area contributed by atoms with E-state index in [-0.39, 0.29) is 11.9 Å². The summed E-state index contributed by atoms with van der Waals surface area (Å²) in [5.74, 6) is 1.21. The van der Waals surface area contributed by atoms with E-state index in [1.54, 1.807) is 13.3 Å². The van der Waals surface area contributed by atoms with E-state index in [9.17, 15) is 4.79 Å². The monoisotopic (exact) mass is 563 g/mol. The highest BCUT2D eigenvalue weighted by Crippen LogP contribution is 2.44. The number of fused-ring (bicyclic) bond motifs is 2. The van der Waals surface area contributed by atoms with Crippen molar-refractivity contribution in [2.24, 2.45) is 10.7 Å². The van der Waals surface area contributed by atoms with Crippen LogP contribution in [-0.2, 0) is 4.79 Å². The lowest BCUT2D eigenvalue weighted by Crippen LogP contribution is -2.46. The average Bonchev–Trinajstić information content (AvgIpc) is 3.53. The number of amidine groups is 1. The molecule has 0 unspecified atom stereocenters. The van der Waals surface area contributed by atoms with Gasteiger partial charge in [-0.15, -0.1) is 0 Å². The number of aromatic amines is 1. The van der Waals surface area contributed by atoms with Gasteiger partial charge < -0.3 is 30.6 Å². The standard InChI is InChI=1S/C32H33N7O3/c1-17(21-11-14-35-25-8-6-5-7-22(21)25)28-23-16-27(41-4)24(29-18(2)39-42-19(29)3)15-26(23)37-31(28)38-30(33)32(40)36-20-9-12-34-13-10-20/h5-8,11,14-16,20,34,37H,1,9-10,12-13H2,2-4H3,(H2,33,38)(H,36,40). The minimum Gasteiger partial charge on any atom is -0.496 e. The van der Waals surface area contributed by atoms with Crippen molar-refractivity contribution in [1.82, 2.24) is 25.8 Å². The van der Waals surface area contributed by atoms with E-state index in [0.717, 1.165) is 70.1 Å². The number of aromatic nitrogens is 3. The number of nitrogens with two attached hydrogens (primary N) is 1. The second kappa shape index (κ2) is 11.1. The van der Waals surface area contributed by atoms with Gasteiger partial charge in [-0.25, -0.2) is 4.99 Å². The molecular weight excluding hydrogens is 530 g/mol. The number of carbonyl (C=O) groups is 1. The zero-order valence-electron chi connectivity index (χ0n) is 23.9. The number of ether oxygens (including phenoxy) is 1. The number of nitrogens with one attached hydrogen (secondary N) is 3. The Hall–Kier alpha value is -4.96. The summed E-state index contributed by atoms with van der Waals surface area (Å²) in [6, 6.07) is 13.8. The maximum atomic E-state index is 13.1. The van der Waals surface area contributed by atoms with Gasteiger partial charge in [-0.1, -0.05) is 29.9 Å². The molecule has 1 aliphatic rings.